The van der Waals surface area contributed by atoms with Crippen molar-refractivity contribution in [1.29, 1.82) is 0 Å². The highest BCUT2D eigenvalue weighted by molar-refractivity contribution is 5.94. The lowest BCUT2D eigenvalue weighted by Crippen LogP contribution is -2.39. The second-order valence-corrected chi connectivity index (χ2v) is 6.67. The highest BCUT2D eigenvalue weighted by Gasteiger charge is 2.26. The second-order valence-electron chi connectivity index (χ2n) is 6.67. The average molecular weight is 378 g/mol. The summed E-state index contributed by atoms with van der Waals surface area (Å²) in [6.07, 6.45) is 8.23. The van der Waals surface area contributed by atoms with E-state index < -0.39 is 0 Å². The molecule has 1 aromatic carbocycles. The molecule has 142 valence electrons. The molecular weight excluding hydrogens is 359 g/mol. The van der Waals surface area contributed by atoms with E-state index in [0.29, 0.717) is 30.3 Å². The van der Waals surface area contributed by atoms with Crippen molar-refractivity contribution in [3.05, 3.63) is 78.3 Å². The summed E-state index contributed by atoms with van der Waals surface area (Å²) >= 11 is 0. The van der Waals surface area contributed by atoms with Crippen molar-refractivity contribution in [3.8, 4) is 11.6 Å². The van der Waals surface area contributed by atoms with Gasteiger partial charge >= 0.3 is 0 Å². The van der Waals surface area contributed by atoms with Gasteiger partial charge in [-0.25, -0.2) is 9.37 Å². The van der Waals surface area contributed by atoms with E-state index in [4.69, 9.17) is 4.74 Å². The first-order valence-corrected chi connectivity index (χ1v) is 9.14. The van der Waals surface area contributed by atoms with Gasteiger partial charge in [0.1, 0.15) is 11.6 Å². The Bertz CT molecular complexity index is 967. The normalized spacial score (nSPS) is 16.6. The molecule has 3 aromatic rings. The number of benzene rings is 1. The van der Waals surface area contributed by atoms with Crippen LogP contribution in [0.3, 0.4) is 0 Å². The Labute approximate surface area is 162 Å². The van der Waals surface area contributed by atoms with E-state index in [1.54, 1.807) is 42.9 Å². The summed E-state index contributed by atoms with van der Waals surface area (Å²) in [7, 11) is 0. The minimum absolute atomic E-state index is 0.00720. The van der Waals surface area contributed by atoms with Gasteiger partial charge in [0.05, 0.1) is 11.9 Å². The zero-order chi connectivity index (χ0) is 19.3. The number of carbonyl (C=O) groups is 1. The third-order valence-electron chi connectivity index (χ3n) is 4.70. The van der Waals surface area contributed by atoms with Crippen LogP contribution >= 0.6 is 0 Å². The Morgan fingerprint density at radius 2 is 2.00 bits per heavy atom. The lowest BCUT2D eigenvalue weighted by molar-refractivity contribution is 0.0705. The summed E-state index contributed by atoms with van der Waals surface area (Å²) in [6, 6.07) is 9.33. The van der Waals surface area contributed by atoms with E-state index in [1.165, 1.54) is 18.3 Å². The number of amides is 1. The SMILES string of the molecule is O=C(c1ccncc1)N1CCC[C@@H](c2cncc(Oc3cccc(F)c3)n2)C1. The van der Waals surface area contributed by atoms with Gasteiger partial charge < -0.3 is 9.64 Å². The number of pyridine rings is 1. The fourth-order valence-electron chi connectivity index (χ4n) is 3.34. The molecule has 1 atom stereocenters. The molecule has 1 saturated heterocycles. The minimum atomic E-state index is -0.376. The van der Waals surface area contributed by atoms with Gasteiger partial charge in [-0.1, -0.05) is 6.07 Å². The summed E-state index contributed by atoms with van der Waals surface area (Å²) in [5, 5.41) is 0. The Morgan fingerprint density at radius 3 is 2.82 bits per heavy atom. The minimum Gasteiger partial charge on any atom is -0.437 e. The van der Waals surface area contributed by atoms with Crippen molar-refractivity contribution < 1.29 is 13.9 Å². The van der Waals surface area contributed by atoms with Gasteiger partial charge in [0.15, 0.2) is 0 Å². The van der Waals surface area contributed by atoms with Crippen molar-refractivity contribution in [2.75, 3.05) is 13.1 Å². The number of carbonyl (C=O) groups excluding carboxylic acids is 1. The third kappa shape index (κ3) is 4.14. The zero-order valence-corrected chi connectivity index (χ0v) is 15.2. The van der Waals surface area contributed by atoms with E-state index in [0.717, 1.165) is 18.5 Å². The number of piperidine rings is 1. The number of ether oxygens (including phenoxy) is 1. The van der Waals surface area contributed by atoms with Gasteiger partial charge in [-0.05, 0) is 37.1 Å². The number of halogens is 1. The smallest absolute Gasteiger partial charge is 0.253 e. The fourth-order valence-corrected chi connectivity index (χ4v) is 3.34. The lowest BCUT2D eigenvalue weighted by Gasteiger charge is -2.32. The number of hydrogen-bond donors (Lipinski definition) is 0. The van der Waals surface area contributed by atoms with Crippen molar-refractivity contribution in [3.63, 3.8) is 0 Å². The quantitative estimate of drug-likeness (QED) is 0.690. The van der Waals surface area contributed by atoms with Crippen LogP contribution in [0.5, 0.6) is 11.6 Å². The summed E-state index contributed by atoms with van der Waals surface area (Å²) in [4.78, 5) is 27.3. The van der Waals surface area contributed by atoms with Crippen LogP contribution in [-0.2, 0) is 0 Å². The van der Waals surface area contributed by atoms with Crippen molar-refractivity contribution in [1.82, 2.24) is 19.9 Å². The van der Waals surface area contributed by atoms with Crippen LogP contribution in [-0.4, -0.2) is 38.8 Å². The molecule has 3 heterocycles. The van der Waals surface area contributed by atoms with Crippen LogP contribution in [0.25, 0.3) is 0 Å². The van der Waals surface area contributed by atoms with Crippen molar-refractivity contribution >= 4 is 5.91 Å². The predicted octanol–water partition coefficient (Wildman–Crippen LogP) is 3.82. The van der Waals surface area contributed by atoms with Gasteiger partial charge in [-0.15, -0.1) is 0 Å². The molecule has 0 saturated carbocycles. The molecular formula is C21H19FN4O2. The molecule has 7 heteroatoms. The molecule has 1 aliphatic heterocycles. The lowest BCUT2D eigenvalue weighted by atomic mass is 9.94. The van der Waals surface area contributed by atoms with E-state index in [9.17, 15) is 9.18 Å². The molecule has 0 spiro atoms. The predicted molar refractivity (Wildman–Crippen MR) is 101 cm³/mol. The topological polar surface area (TPSA) is 68.2 Å². The Morgan fingerprint density at radius 1 is 1.14 bits per heavy atom. The number of aromatic nitrogens is 3. The molecule has 1 amide bonds. The molecule has 4 rings (SSSR count). The van der Waals surface area contributed by atoms with Crippen LogP contribution in [0.4, 0.5) is 4.39 Å². The Balaban J connectivity index is 1.48. The Hall–Kier alpha value is -3.35. The van der Waals surface area contributed by atoms with Crippen molar-refractivity contribution in [2.24, 2.45) is 0 Å². The van der Waals surface area contributed by atoms with E-state index >= 15 is 0 Å². The number of nitrogens with zero attached hydrogens (tertiary/aromatic N) is 4. The van der Waals surface area contributed by atoms with Crippen LogP contribution in [0.15, 0.2) is 61.2 Å². The highest BCUT2D eigenvalue weighted by Crippen LogP contribution is 2.28. The summed E-state index contributed by atoms with van der Waals surface area (Å²) in [5.41, 5.74) is 1.39. The summed E-state index contributed by atoms with van der Waals surface area (Å²) in [6.45, 7) is 1.28. The molecule has 0 aliphatic carbocycles. The maximum absolute atomic E-state index is 13.3. The number of rotatable bonds is 4. The van der Waals surface area contributed by atoms with E-state index in [2.05, 4.69) is 15.0 Å². The van der Waals surface area contributed by atoms with Gasteiger partial charge in [0, 0.05) is 49.2 Å². The van der Waals surface area contributed by atoms with Crippen molar-refractivity contribution in [2.45, 2.75) is 18.8 Å². The average Bonchev–Trinajstić information content (AvgIpc) is 2.74. The molecule has 0 bridgehead atoms. The molecule has 28 heavy (non-hydrogen) atoms. The maximum atomic E-state index is 13.3. The molecule has 6 nitrogen and oxygen atoms in total. The first-order chi connectivity index (χ1) is 13.7. The van der Waals surface area contributed by atoms with E-state index in [-0.39, 0.29) is 17.6 Å². The number of hydrogen-bond acceptors (Lipinski definition) is 5. The summed E-state index contributed by atoms with van der Waals surface area (Å²) in [5.74, 6) is 0.361. The number of likely N-dealkylation sites (tertiary alicyclic amines) is 1. The van der Waals surface area contributed by atoms with Crippen LogP contribution in [0.2, 0.25) is 0 Å². The first kappa shape index (κ1) is 18.0. The molecule has 1 aliphatic rings. The van der Waals surface area contributed by atoms with Gasteiger partial charge in [-0.3, -0.25) is 14.8 Å². The molecule has 2 aromatic heterocycles. The largest absolute Gasteiger partial charge is 0.437 e. The van der Waals surface area contributed by atoms with E-state index in [1.807, 2.05) is 4.90 Å². The highest BCUT2D eigenvalue weighted by atomic mass is 19.1. The van der Waals surface area contributed by atoms with Gasteiger partial charge in [-0.2, -0.15) is 0 Å². The fraction of sp³-hybridized carbons (Fsp3) is 0.238. The first-order valence-electron chi connectivity index (χ1n) is 9.14. The second kappa shape index (κ2) is 8.12. The zero-order valence-electron chi connectivity index (χ0n) is 15.2. The summed E-state index contributed by atoms with van der Waals surface area (Å²) < 4.78 is 19.0. The van der Waals surface area contributed by atoms with Crippen LogP contribution in [0, 0.1) is 5.82 Å². The molecule has 0 unspecified atom stereocenters. The van der Waals surface area contributed by atoms with Crippen LogP contribution < -0.4 is 4.74 Å². The van der Waals surface area contributed by atoms with Crippen LogP contribution in [0.1, 0.15) is 34.8 Å². The molecule has 0 N–H and O–H groups in total. The van der Waals surface area contributed by atoms with Gasteiger partial charge in [0.25, 0.3) is 5.91 Å². The molecule has 1 fully saturated rings. The van der Waals surface area contributed by atoms with Gasteiger partial charge in [0.2, 0.25) is 5.88 Å². The monoisotopic (exact) mass is 378 g/mol. The Kier molecular flexibility index (Phi) is 5.23. The molecule has 0 radical (unpaired) electrons. The standard InChI is InChI=1S/C21H19FN4O2/c22-17-4-1-5-18(11-17)28-20-13-24-12-19(25-20)16-3-2-10-26(14-16)21(27)15-6-8-23-9-7-15/h1,4-9,11-13,16H,2-3,10,14H2/t16-/m1/s1. The maximum Gasteiger partial charge on any atom is 0.253 e. The third-order valence-corrected chi connectivity index (χ3v) is 4.70.